The van der Waals surface area contributed by atoms with E-state index in [1.807, 2.05) is 54.6 Å². The maximum atomic E-state index is 12.6. The second kappa shape index (κ2) is 8.39. The van der Waals surface area contributed by atoms with E-state index < -0.39 is 0 Å². The fraction of sp³-hybridized carbons (Fsp3) is 0.0870. The lowest BCUT2D eigenvalue weighted by molar-refractivity contribution is 0.102. The molecule has 0 aliphatic carbocycles. The molecule has 0 unspecified atom stereocenters. The van der Waals surface area contributed by atoms with E-state index >= 15 is 0 Å². The molecule has 0 spiro atoms. The van der Waals surface area contributed by atoms with E-state index in [-0.39, 0.29) is 5.91 Å². The zero-order valence-corrected chi connectivity index (χ0v) is 15.9. The molecular weight excluding hydrogens is 364 g/mol. The highest BCUT2D eigenvalue weighted by atomic mass is 16.5. The maximum Gasteiger partial charge on any atom is 0.257 e. The SMILES string of the molecule is COc1ccc(CNc2ccc(C(=O)Nc3cccc4cccnc34)cn2)cc1. The summed E-state index contributed by atoms with van der Waals surface area (Å²) in [6.45, 7) is 0.629. The van der Waals surface area contributed by atoms with Crippen LogP contribution in [0.1, 0.15) is 15.9 Å². The van der Waals surface area contributed by atoms with Crippen LogP contribution in [-0.2, 0) is 6.54 Å². The number of nitrogens with one attached hydrogen (secondary N) is 2. The lowest BCUT2D eigenvalue weighted by atomic mass is 10.2. The molecule has 0 saturated heterocycles. The average molecular weight is 384 g/mol. The summed E-state index contributed by atoms with van der Waals surface area (Å²) < 4.78 is 5.16. The van der Waals surface area contributed by atoms with Gasteiger partial charge in [0.1, 0.15) is 11.6 Å². The molecule has 2 aromatic carbocycles. The van der Waals surface area contributed by atoms with E-state index in [9.17, 15) is 4.79 Å². The van der Waals surface area contributed by atoms with Crippen molar-refractivity contribution in [3.8, 4) is 5.75 Å². The highest BCUT2D eigenvalue weighted by Crippen LogP contribution is 2.21. The summed E-state index contributed by atoms with van der Waals surface area (Å²) in [7, 11) is 1.64. The van der Waals surface area contributed by atoms with Crippen LogP contribution in [0.2, 0.25) is 0 Å². The van der Waals surface area contributed by atoms with E-state index in [1.54, 1.807) is 31.6 Å². The van der Waals surface area contributed by atoms with Crippen molar-refractivity contribution >= 4 is 28.3 Å². The Morgan fingerprint density at radius 1 is 0.966 bits per heavy atom. The van der Waals surface area contributed by atoms with E-state index in [4.69, 9.17) is 4.74 Å². The van der Waals surface area contributed by atoms with Gasteiger partial charge < -0.3 is 15.4 Å². The van der Waals surface area contributed by atoms with Gasteiger partial charge in [-0.1, -0.05) is 30.3 Å². The highest BCUT2D eigenvalue weighted by Gasteiger charge is 2.09. The monoisotopic (exact) mass is 384 g/mol. The van der Waals surface area contributed by atoms with Crippen molar-refractivity contribution in [2.75, 3.05) is 17.7 Å². The van der Waals surface area contributed by atoms with Crippen LogP contribution in [-0.4, -0.2) is 23.0 Å². The first kappa shape index (κ1) is 18.4. The van der Waals surface area contributed by atoms with Crippen molar-refractivity contribution in [1.82, 2.24) is 9.97 Å². The molecule has 4 aromatic rings. The first-order valence-electron chi connectivity index (χ1n) is 9.21. The number of rotatable bonds is 6. The molecular formula is C23H20N4O2. The minimum absolute atomic E-state index is 0.225. The van der Waals surface area contributed by atoms with Gasteiger partial charge in [-0.15, -0.1) is 0 Å². The fourth-order valence-corrected chi connectivity index (χ4v) is 2.97. The van der Waals surface area contributed by atoms with E-state index in [0.29, 0.717) is 23.6 Å². The molecule has 0 radical (unpaired) electrons. The average Bonchev–Trinajstić information content (AvgIpc) is 2.78. The molecule has 4 rings (SSSR count). The topological polar surface area (TPSA) is 76.1 Å². The Morgan fingerprint density at radius 2 is 1.79 bits per heavy atom. The number of amides is 1. The number of anilines is 2. The van der Waals surface area contributed by atoms with Gasteiger partial charge in [-0.05, 0) is 42.0 Å². The Kier molecular flexibility index (Phi) is 5.33. The normalized spacial score (nSPS) is 10.5. The molecule has 2 N–H and O–H groups in total. The first-order valence-corrected chi connectivity index (χ1v) is 9.21. The van der Waals surface area contributed by atoms with Gasteiger partial charge in [0.15, 0.2) is 0 Å². The van der Waals surface area contributed by atoms with Gasteiger partial charge in [-0.25, -0.2) is 4.98 Å². The second-order valence-electron chi connectivity index (χ2n) is 6.47. The number of ether oxygens (including phenoxy) is 1. The van der Waals surface area contributed by atoms with Crippen molar-refractivity contribution in [2.24, 2.45) is 0 Å². The third-order valence-corrected chi connectivity index (χ3v) is 4.54. The lowest BCUT2D eigenvalue weighted by Crippen LogP contribution is -2.13. The quantitative estimate of drug-likeness (QED) is 0.512. The van der Waals surface area contributed by atoms with Gasteiger partial charge in [0.2, 0.25) is 0 Å². The summed E-state index contributed by atoms with van der Waals surface area (Å²) >= 11 is 0. The Morgan fingerprint density at radius 3 is 2.55 bits per heavy atom. The molecule has 6 nitrogen and oxygen atoms in total. The van der Waals surface area contributed by atoms with E-state index in [1.165, 1.54) is 0 Å². The number of hydrogen-bond acceptors (Lipinski definition) is 5. The summed E-state index contributed by atoms with van der Waals surface area (Å²) in [6.07, 6.45) is 3.27. The molecule has 2 aromatic heterocycles. The minimum atomic E-state index is -0.225. The van der Waals surface area contributed by atoms with Crippen LogP contribution in [0.3, 0.4) is 0 Å². The number of para-hydroxylation sites is 1. The maximum absolute atomic E-state index is 12.6. The lowest BCUT2D eigenvalue weighted by Gasteiger charge is -2.09. The predicted molar refractivity (Wildman–Crippen MR) is 114 cm³/mol. The molecule has 6 heteroatoms. The van der Waals surface area contributed by atoms with Crippen LogP contribution in [0, 0.1) is 0 Å². The van der Waals surface area contributed by atoms with E-state index in [0.717, 1.165) is 22.2 Å². The Labute approximate surface area is 168 Å². The molecule has 0 bridgehead atoms. The molecule has 144 valence electrons. The van der Waals surface area contributed by atoms with Gasteiger partial charge in [-0.3, -0.25) is 9.78 Å². The molecule has 29 heavy (non-hydrogen) atoms. The van der Waals surface area contributed by atoms with Gasteiger partial charge in [0, 0.05) is 24.3 Å². The number of fused-ring (bicyclic) bond motifs is 1. The third kappa shape index (κ3) is 4.32. The standard InChI is InChI=1S/C23H20N4O2/c1-29-19-10-7-16(8-11-19)14-25-21-12-9-18(15-26-21)23(28)27-20-6-2-4-17-5-3-13-24-22(17)20/h2-13,15H,14H2,1H3,(H,25,26)(H,27,28). The van der Waals surface area contributed by atoms with Crippen LogP contribution >= 0.6 is 0 Å². The van der Waals surface area contributed by atoms with Crippen molar-refractivity contribution in [1.29, 1.82) is 0 Å². The number of methoxy groups -OCH3 is 1. The number of benzene rings is 2. The van der Waals surface area contributed by atoms with Gasteiger partial charge in [0.05, 0.1) is 23.9 Å². The number of hydrogen-bond donors (Lipinski definition) is 2. The van der Waals surface area contributed by atoms with Crippen LogP contribution in [0.4, 0.5) is 11.5 Å². The van der Waals surface area contributed by atoms with Crippen molar-refractivity contribution in [3.63, 3.8) is 0 Å². The molecule has 0 fully saturated rings. The summed E-state index contributed by atoms with van der Waals surface area (Å²) in [5.41, 5.74) is 3.02. The second-order valence-corrected chi connectivity index (χ2v) is 6.47. The van der Waals surface area contributed by atoms with Crippen molar-refractivity contribution in [3.05, 3.63) is 90.3 Å². The molecule has 2 heterocycles. The first-order chi connectivity index (χ1) is 14.2. The third-order valence-electron chi connectivity index (χ3n) is 4.54. The summed E-state index contributed by atoms with van der Waals surface area (Å²) in [5.74, 6) is 1.30. The summed E-state index contributed by atoms with van der Waals surface area (Å²) in [6, 6.07) is 20.9. The minimum Gasteiger partial charge on any atom is -0.497 e. The molecule has 0 aliphatic heterocycles. The number of nitrogens with zero attached hydrogens (tertiary/aromatic N) is 2. The van der Waals surface area contributed by atoms with Crippen LogP contribution in [0.5, 0.6) is 5.75 Å². The van der Waals surface area contributed by atoms with Gasteiger partial charge >= 0.3 is 0 Å². The smallest absolute Gasteiger partial charge is 0.257 e. The van der Waals surface area contributed by atoms with Crippen LogP contribution in [0.15, 0.2) is 79.1 Å². The zero-order valence-electron chi connectivity index (χ0n) is 15.9. The number of aromatic nitrogens is 2. The van der Waals surface area contributed by atoms with Crippen molar-refractivity contribution < 1.29 is 9.53 Å². The van der Waals surface area contributed by atoms with Crippen LogP contribution < -0.4 is 15.4 Å². The van der Waals surface area contributed by atoms with E-state index in [2.05, 4.69) is 20.6 Å². The number of pyridine rings is 2. The zero-order chi connectivity index (χ0) is 20.1. The Bertz CT molecular complexity index is 1120. The fourth-order valence-electron chi connectivity index (χ4n) is 2.97. The summed E-state index contributed by atoms with van der Waals surface area (Å²) in [4.78, 5) is 21.3. The Hall–Kier alpha value is -3.93. The predicted octanol–water partition coefficient (Wildman–Crippen LogP) is 4.50. The van der Waals surface area contributed by atoms with Gasteiger partial charge in [-0.2, -0.15) is 0 Å². The molecule has 0 atom stereocenters. The molecule has 0 saturated carbocycles. The highest BCUT2D eigenvalue weighted by molar-refractivity contribution is 6.08. The summed E-state index contributed by atoms with van der Waals surface area (Å²) in [5, 5.41) is 7.13. The van der Waals surface area contributed by atoms with Crippen LogP contribution in [0.25, 0.3) is 10.9 Å². The van der Waals surface area contributed by atoms with Gasteiger partial charge in [0.25, 0.3) is 5.91 Å². The molecule has 0 aliphatic rings. The Balaban J connectivity index is 1.41. The largest absolute Gasteiger partial charge is 0.497 e. The van der Waals surface area contributed by atoms with Crippen molar-refractivity contribution in [2.45, 2.75) is 6.54 Å². The molecule has 1 amide bonds. The number of carbonyl (C=O) groups excluding carboxylic acids is 1. The number of carbonyl (C=O) groups is 1.